The number of carboxylic acids is 1. The van der Waals surface area contributed by atoms with E-state index in [-0.39, 0.29) is 13.0 Å². The van der Waals surface area contributed by atoms with E-state index in [0.717, 1.165) is 0 Å². The number of rotatable bonds is 6. The first kappa shape index (κ1) is 12.2. The van der Waals surface area contributed by atoms with Crippen molar-refractivity contribution in [3.63, 3.8) is 0 Å². The summed E-state index contributed by atoms with van der Waals surface area (Å²) in [6.45, 7) is -0.0654. The molecule has 0 fully saturated rings. The predicted molar refractivity (Wildman–Crippen MR) is 53.7 cm³/mol. The van der Waals surface area contributed by atoms with Gasteiger partial charge in [0.1, 0.15) is 0 Å². The molecule has 0 spiro atoms. The number of aromatic nitrogens is 2. The normalized spacial score (nSPS) is 12.1. The monoisotopic (exact) mass is 227 g/mol. The summed E-state index contributed by atoms with van der Waals surface area (Å²) in [5, 5.41) is 17.4. The molecule has 0 aliphatic rings. The average molecular weight is 227 g/mol. The SMILES string of the molecule is COCC(NC(=O)Cc1ccn[nH]1)C(=O)O. The molecule has 1 rings (SSSR count). The fourth-order valence-corrected chi connectivity index (χ4v) is 1.14. The Bertz CT molecular complexity index is 350. The van der Waals surface area contributed by atoms with E-state index in [1.807, 2.05) is 0 Å². The third kappa shape index (κ3) is 3.70. The number of nitrogens with zero attached hydrogens (tertiary/aromatic N) is 1. The standard InChI is InChI=1S/C9H13N3O4/c1-16-5-7(9(14)15)11-8(13)4-6-2-3-10-12-6/h2-3,7H,4-5H2,1H3,(H,10,12)(H,11,13)(H,14,15). The molecule has 0 aliphatic carbocycles. The fraction of sp³-hybridized carbons (Fsp3) is 0.444. The lowest BCUT2D eigenvalue weighted by Gasteiger charge is -2.12. The summed E-state index contributed by atoms with van der Waals surface area (Å²) >= 11 is 0. The molecule has 1 atom stereocenters. The van der Waals surface area contributed by atoms with Crippen molar-refractivity contribution in [2.75, 3.05) is 13.7 Å². The largest absolute Gasteiger partial charge is 0.480 e. The molecule has 0 aliphatic heterocycles. The fourth-order valence-electron chi connectivity index (χ4n) is 1.14. The Morgan fingerprint density at radius 2 is 2.44 bits per heavy atom. The second-order valence-corrected chi connectivity index (χ2v) is 3.17. The molecule has 0 saturated heterocycles. The van der Waals surface area contributed by atoms with Crippen molar-refractivity contribution in [1.82, 2.24) is 15.5 Å². The molecular weight excluding hydrogens is 214 g/mol. The molecule has 7 heteroatoms. The van der Waals surface area contributed by atoms with E-state index in [9.17, 15) is 9.59 Å². The van der Waals surface area contributed by atoms with Gasteiger partial charge in [-0.15, -0.1) is 0 Å². The minimum absolute atomic E-state index is 0.0630. The molecule has 1 amide bonds. The van der Waals surface area contributed by atoms with Crippen molar-refractivity contribution in [3.8, 4) is 0 Å². The number of aliphatic carboxylic acids is 1. The van der Waals surface area contributed by atoms with Crippen LogP contribution >= 0.6 is 0 Å². The summed E-state index contributed by atoms with van der Waals surface area (Å²) in [7, 11) is 1.37. The number of nitrogens with one attached hydrogen (secondary N) is 2. The van der Waals surface area contributed by atoms with Gasteiger partial charge in [0, 0.05) is 19.0 Å². The second-order valence-electron chi connectivity index (χ2n) is 3.17. The number of aromatic amines is 1. The van der Waals surface area contributed by atoms with Gasteiger partial charge >= 0.3 is 5.97 Å². The Labute approximate surface area is 91.8 Å². The van der Waals surface area contributed by atoms with Gasteiger partial charge in [0.25, 0.3) is 0 Å². The first-order valence-corrected chi connectivity index (χ1v) is 4.63. The number of carbonyl (C=O) groups excluding carboxylic acids is 1. The quantitative estimate of drug-likeness (QED) is 0.588. The molecule has 0 bridgehead atoms. The summed E-state index contributed by atoms with van der Waals surface area (Å²) in [6.07, 6.45) is 1.58. The maximum Gasteiger partial charge on any atom is 0.328 e. The van der Waals surface area contributed by atoms with E-state index in [1.54, 1.807) is 6.07 Å². The molecule has 1 heterocycles. The van der Waals surface area contributed by atoms with Gasteiger partial charge in [0.15, 0.2) is 6.04 Å². The smallest absolute Gasteiger partial charge is 0.328 e. The number of H-pyrrole nitrogens is 1. The number of ether oxygens (including phenoxy) is 1. The van der Waals surface area contributed by atoms with E-state index < -0.39 is 17.9 Å². The van der Waals surface area contributed by atoms with Crippen molar-refractivity contribution in [3.05, 3.63) is 18.0 Å². The van der Waals surface area contributed by atoms with E-state index in [2.05, 4.69) is 20.3 Å². The summed E-state index contributed by atoms with van der Waals surface area (Å²) in [4.78, 5) is 22.1. The van der Waals surface area contributed by atoms with Crippen LogP contribution in [-0.4, -0.2) is 46.9 Å². The summed E-state index contributed by atoms with van der Waals surface area (Å²) < 4.78 is 4.69. The molecule has 1 aromatic rings. The molecule has 3 N–H and O–H groups in total. The van der Waals surface area contributed by atoms with E-state index >= 15 is 0 Å². The molecule has 7 nitrogen and oxygen atoms in total. The van der Waals surface area contributed by atoms with Gasteiger partial charge in [-0.25, -0.2) is 4.79 Å². The number of hydrogen-bond acceptors (Lipinski definition) is 4. The van der Waals surface area contributed by atoms with Crippen molar-refractivity contribution in [1.29, 1.82) is 0 Å². The van der Waals surface area contributed by atoms with Crippen LogP contribution < -0.4 is 5.32 Å². The maximum atomic E-state index is 11.4. The van der Waals surface area contributed by atoms with Crippen LogP contribution in [0.3, 0.4) is 0 Å². The van der Waals surface area contributed by atoms with Crippen LogP contribution in [0.2, 0.25) is 0 Å². The van der Waals surface area contributed by atoms with E-state index in [4.69, 9.17) is 5.11 Å². The zero-order valence-electron chi connectivity index (χ0n) is 8.77. The number of hydrogen-bond donors (Lipinski definition) is 3. The van der Waals surface area contributed by atoms with Crippen LogP contribution in [-0.2, 0) is 20.7 Å². The molecule has 88 valence electrons. The van der Waals surface area contributed by atoms with Crippen molar-refractivity contribution >= 4 is 11.9 Å². The van der Waals surface area contributed by atoms with Crippen molar-refractivity contribution in [2.45, 2.75) is 12.5 Å². The highest BCUT2D eigenvalue weighted by atomic mass is 16.5. The van der Waals surface area contributed by atoms with Crippen molar-refractivity contribution < 1.29 is 19.4 Å². The van der Waals surface area contributed by atoms with Crippen LogP contribution in [0.15, 0.2) is 12.3 Å². The zero-order chi connectivity index (χ0) is 12.0. The summed E-state index contributed by atoms with van der Waals surface area (Å²) in [5.41, 5.74) is 0.624. The van der Waals surface area contributed by atoms with Gasteiger partial charge in [-0.3, -0.25) is 9.89 Å². The second kappa shape index (κ2) is 5.86. The van der Waals surface area contributed by atoms with Gasteiger partial charge in [-0.05, 0) is 6.07 Å². The maximum absolute atomic E-state index is 11.4. The van der Waals surface area contributed by atoms with E-state index in [0.29, 0.717) is 5.69 Å². The number of methoxy groups -OCH3 is 1. The highest BCUT2D eigenvalue weighted by Crippen LogP contribution is 1.94. The topological polar surface area (TPSA) is 104 Å². The minimum Gasteiger partial charge on any atom is -0.480 e. The molecule has 0 aromatic carbocycles. The third-order valence-corrected chi connectivity index (χ3v) is 1.88. The predicted octanol–water partition coefficient (Wildman–Crippen LogP) is -0.832. The Morgan fingerprint density at radius 1 is 1.69 bits per heavy atom. The van der Waals surface area contributed by atoms with Gasteiger partial charge in [0.2, 0.25) is 5.91 Å². The van der Waals surface area contributed by atoms with Gasteiger partial charge in [-0.1, -0.05) is 0 Å². The lowest BCUT2D eigenvalue weighted by atomic mass is 10.2. The van der Waals surface area contributed by atoms with E-state index in [1.165, 1.54) is 13.3 Å². The average Bonchev–Trinajstić information content (AvgIpc) is 2.69. The summed E-state index contributed by atoms with van der Waals surface area (Å²) in [6, 6.07) is 0.617. The van der Waals surface area contributed by atoms with Crippen LogP contribution in [0.4, 0.5) is 0 Å². The molecule has 1 aromatic heterocycles. The number of carbonyl (C=O) groups is 2. The molecule has 0 radical (unpaired) electrons. The zero-order valence-corrected chi connectivity index (χ0v) is 8.77. The highest BCUT2D eigenvalue weighted by Gasteiger charge is 2.19. The first-order chi connectivity index (χ1) is 7.63. The van der Waals surface area contributed by atoms with Gasteiger partial charge < -0.3 is 15.2 Å². The van der Waals surface area contributed by atoms with Crippen LogP contribution in [0, 0.1) is 0 Å². The first-order valence-electron chi connectivity index (χ1n) is 4.63. The lowest BCUT2D eigenvalue weighted by Crippen LogP contribution is -2.44. The van der Waals surface area contributed by atoms with Gasteiger partial charge in [-0.2, -0.15) is 5.10 Å². The molecule has 0 saturated carbocycles. The molecule has 1 unspecified atom stereocenters. The molecular formula is C9H13N3O4. The van der Waals surface area contributed by atoms with Crippen LogP contribution in [0.5, 0.6) is 0 Å². The Kier molecular flexibility index (Phi) is 4.46. The Balaban J connectivity index is 2.45. The lowest BCUT2D eigenvalue weighted by molar-refractivity contribution is -0.143. The Morgan fingerprint density at radius 3 is 2.94 bits per heavy atom. The number of carboxylic acid groups (broad SMARTS) is 1. The summed E-state index contributed by atoms with van der Waals surface area (Å²) in [5.74, 6) is -1.52. The highest BCUT2D eigenvalue weighted by molar-refractivity contribution is 5.84. The van der Waals surface area contributed by atoms with Crippen molar-refractivity contribution in [2.24, 2.45) is 0 Å². The van der Waals surface area contributed by atoms with Gasteiger partial charge in [0.05, 0.1) is 13.0 Å². The molecule has 16 heavy (non-hydrogen) atoms. The van der Waals surface area contributed by atoms with Crippen LogP contribution in [0.1, 0.15) is 5.69 Å². The van der Waals surface area contributed by atoms with Crippen LogP contribution in [0.25, 0.3) is 0 Å². The minimum atomic E-state index is -1.13. The third-order valence-electron chi connectivity index (χ3n) is 1.88. The Hall–Kier alpha value is -1.89. The number of amides is 1.